The van der Waals surface area contributed by atoms with E-state index in [9.17, 15) is 0 Å². The Labute approximate surface area is 70.7 Å². The standard InChI is InChI=1S/C10H8N2/c1-8-6-12(7-11)10-5-3-2-4-9(8)10/h2-6H,1H3. The fourth-order valence-corrected chi connectivity index (χ4v) is 1.43. The van der Waals surface area contributed by atoms with Crippen molar-refractivity contribution < 1.29 is 0 Å². The summed E-state index contributed by atoms with van der Waals surface area (Å²) in [6, 6.07) is 7.90. The zero-order valence-electron chi connectivity index (χ0n) is 6.78. The van der Waals surface area contributed by atoms with Crippen LogP contribution in [0.3, 0.4) is 0 Å². The van der Waals surface area contributed by atoms with Gasteiger partial charge in [0.05, 0.1) is 5.52 Å². The summed E-state index contributed by atoms with van der Waals surface area (Å²) in [5.74, 6) is 0. The van der Waals surface area contributed by atoms with Crippen molar-refractivity contribution in [3.63, 3.8) is 0 Å². The van der Waals surface area contributed by atoms with Gasteiger partial charge in [0.1, 0.15) is 0 Å². The highest BCUT2D eigenvalue weighted by Gasteiger charge is 2.01. The van der Waals surface area contributed by atoms with Gasteiger partial charge in [0.25, 0.3) is 0 Å². The highest BCUT2D eigenvalue weighted by molar-refractivity contribution is 5.84. The maximum absolute atomic E-state index is 8.76. The molecule has 0 unspecified atom stereocenters. The van der Waals surface area contributed by atoms with Gasteiger partial charge < -0.3 is 0 Å². The SMILES string of the molecule is Cc1cn(C#N)c2ccccc12. The molecule has 0 bridgehead atoms. The second kappa shape index (κ2) is 2.38. The minimum absolute atomic E-state index is 0.984. The molecule has 1 heterocycles. The fraction of sp³-hybridized carbons (Fsp3) is 0.100. The van der Waals surface area contributed by atoms with Crippen LogP contribution in [-0.2, 0) is 0 Å². The fourth-order valence-electron chi connectivity index (χ4n) is 1.43. The number of fused-ring (bicyclic) bond motifs is 1. The molecule has 0 amide bonds. The van der Waals surface area contributed by atoms with Crippen molar-refractivity contribution in [2.45, 2.75) is 6.92 Å². The maximum Gasteiger partial charge on any atom is 0.188 e. The summed E-state index contributed by atoms with van der Waals surface area (Å²) in [7, 11) is 0. The Morgan fingerprint density at radius 1 is 1.33 bits per heavy atom. The second-order valence-electron chi connectivity index (χ2n) is 2.80. The summed E-state index contributed by atoms with van der Waals surface area (Å²) in [4.78, 5) is 0. The average molecular weight is 156 g/mol. The Bertz CT molecular complexity index is 460. The van der Waals surface area contributed by atoms with E-state index < -0.39 is 0 Å². The van der Waals surface area contributed by atoms with E-state index in [0.29, 0.717) is 0 Å². The van der Waals surface area contributed by atoms with Crippen molar-refractivity contribution in [2.24, 2.45) is 0 Å². The third-order valence-corrected chi connectivity index (χ3v) is 2.02. The van der Waals surface area contributed by atoms with Gasteiger partial charge in [0.15, 0.2) is 6.19 Å². The molecule has 0 spiro atoms. The van der Waals surface area contributed by atoms with Crippen molar-refractivity contribution in [1.82, 2.24) is 4.57 Å². The summed E-state index contributed by atoms with van der Waals surface area (Å²) >= 11 is 0. The molecule has 0 saturated carbocycles. The first kappa shape index (κ1) is 6.93. The summed E-state index contributed by atoms with van der Waals surface area (Å²) in [5.41, 5.74) is 2.13. The number of hydrogen-bond donors (Lipinski definition) is 0. The highest BCUT2D eigenvalue weighted by Crippen LogP contribution is 2.18. The van der Waals surface area contributed by atoms with Gasteiger partial charge >= 0.3 is 0 Å². The van der Waals surface area contributed by atoms with E-state index in [0.717, 1.165) is 16.5 Å². The van der Waals surface area contributed by atoms with Crippen LogP contribution >= 0.6 is 0 Å². The maximum atomic E-state index is 8.76. The number of aryl methyl sites for hydroxylation is 1. The van der Waals surface area contributed by atoms with E-state index in [1.54, 1.807) is 4.57 Å². The van der Waals surface area contributed by atoms with Crippen LogP contribution in [0.4, 0.5) is 0 Å². The smallest absolute Gasteiger partial charge is 0.188 e. The van der Waals surface area contributed by atoms with Gasteiger partial charge in [-0.2, -0.15) is 5.26 Å². The van der Waals surface area contributed by atoms with Gasteiger partial charge in [-0.15, -0.1) is 0 Å². The Morgan fingerprint density at radius 2 is 2.08 bits per heavy atom. The molecule has 12 heavy (non-hydrogen) atoms. The molecular formula is C10H8N2. The number of nitriles is 1. The summed E-state index contributed by atoms with van der Waals surface area (Å²) in [6.45, 7) is 2.01. The van der Waals surface area contributed by atoms with Crippen LogP contribution in [0.2, 0.25) is 0 Å². The Morgan fingerprint density at radius 3 is 2.83 bits per heavy atom. The monoisotopic (exact) mass is 156 g/mol. The third-order valence-electron chi connectivity index (χ3n) is 2.02. The van der Waals surface area contributed by atoms with E-state index in [4.69, 9.17) is 5.26 Å². The number of benzene rings is 1. The number of nitrogens with zero attached hydrogens (tertiary/aromatic N) is 2. The zero-order chi connectivity index (χ0) is 8.55. The first-order valence-corrected chi connectivity index (χ1v) is 3.80. The van der Waals surface area contributed by atoms with Crippen LogP contribution in [-0.4, -0.2) is 4.57 Å². The van der Waals surface area contributed by atoms with E-state index in [-0.39, 0.29) is 0 Å². The molecule has 0 aliphatic rings. The van der Waals surface area contributed by atoms with Gasteiger partial charge in [0.2, 0.25) is 0 Å². The lowest BCUT2D eigenvalue weighted by Gasteiger charge is -1.90. The molecule has 2 rings (SSSR count). The second-order valence-corrected chi connectivity index (χ2v) is 2.80. The molecule has 2 heteroatoms. The van der Waals surface area contributed by atoms with Crippen LogP contribution in [0.25, 0.3) is 10.9 Å². The third kappa shape index (κ3) is 0.802. The van der Waals surface area contributed by atoms with Crippen LogP contribution in [0.1, 0.15) is 5.56 Å². The highest BCUT2D eigenvalue weighted by atomic mass is 14.9. The van der Waals surface area contributed by atoms with Crippen LogP contribution in [0, 0.1) is 18.4 Å². The van der Waals surface area contributed by atoms with Gasteiger partial charge in [-0.1, -0.05) is 18.2 Å². The Kier molecular flexibility index (Phi) is 1.38. The molecule has 0 radical (unpaired) electrons. The predicted molar refractivity (Wildman–Crippen MR) is 47.7 cm³/mol. The number of rotatable bonds is 0. The first-order chi connectivity index (χ1) is 5.83. The predicted octanol–water partition coefficient (Wildman–Crippen LogP) is 2.28. The van der Waals surface area contributed by atoms with Gasteiger partial charge in [0, 0.05) is 11.6 Å². The quantitative estimate of drug-likeness (QED) is 0.575. The van der Waals surface area contributed by atoms with E-state index in [1.807, 2.05) is 37.4 Å². The van der Waals surface area contributed by atoms with E-state index >= 15 is 0 Å². The minimum Gasteiger partial charge on any atom is -0.254 e. The molecule has 0 aliphatic heterocycles. The first-order valence-electron chi connectivity index (χ1n) is 3.80. The van der Waals surface area contributed by atoms with Crippen molar-refractivity contribution in [3.05, 3.63) is 36.0 Å². The largest absolute Gasteiger partial charge is 0.254 e. The van der Waals surface area contributed by atoms with Crippen LogP contribution < -0.4 is 0 Å². The molecule has 2 aromatic rings. The van der Waals surface area contributed by atoms with Crippen molar-refractivity contribution in [3.8, 4) is 6.19 Å². The normalized spacial score (nSPS) is 10.0. The molecule has 0 atom stereocenters. The van der Waals surface area contributed by atoms with Crippen molar-refractivity contribution in [1.29, 1.82) is 5.26 Å². The lowest BCUT2D eigenvalue weighted by molar-refractivity contribution is 1.14. The Hall–Kier alpha value is -1.75. The van der Waals surface area contributed by atoms with Gasteiger partial charge in [-0.25, -0.2) is 0 Å². The lowest BCUT2D eigenvalue weighted by Crippen LogP contribution is -1.82. The topological polar surface area (TPSA) is 28.7 Å². The van der Waals surface area contributed by atoms with Crippen LogP contribution in [0.15, 0.2) is 30.5 Å². The summed E-state index contributed by atoms with van der Waals surface area (Å²) in [6.07, 6.45) is 3.96. The molecule has 0 fully saturated rings. The molecule has 1 aromatic heterocycles. The van der Waals surface area contributed by atoms with Gasteiger partial charge in [-0.05, 0) is 18.6 Å². The minimum atomic E-state index is 0.984. The number of aromatic nitrogens is 1. The van der Waals surface area contributed by atoms with E-state index in [1.165, 1.54) is 0 Å². The number of hydrogen-bond acceptors (Lipinski definition) is 1. The molecule has 2 nitrogen and oxygen atoms in total. The molecule has 0 N–H and O–H groups in total. The van der Waals surface area contributed by atoms with Gasteiger partial charge in [-0.3, -0.25) is 4.57 Å². The van der Waals surface area contributed by atoms with E-state index in [2.05, 4.69) is 6.19 Å². The lowest BCUT2D eigenvalue weighted by atomic mass is 10.2. The Balaban J connectivity index is 2.94. The molecule has 58 valence electrons. The van der Waals surface area contributed by atoms with Crippen molar-refractivity contribution in [2.75, 3.05) is 0 Å². The number of para-hydroxylation sites is 1. The molecule has 0 saturated heterocycles. The summed E-state index contributed by atoms with van der Waals surface area (Å²) in [5, 5.41) is 9.91. The molecule has 1 aromatic carbocycles. The molecule has 0 aliphatic carbocycles. The molecular weight excluding hydrogens is 148 g/mol. The zero-order valence-corrected chi connectivity index (χ0v) is 6.78. The van der Waals surface area contributed by atoms with Crippen molar-refractivity contribution >= 4 is 10.9 Å². The van der Waals surface area contributed by atoms with Crippen LogP contribution in [0.5, 0.6) is 0 Å². The summed E-state index contributed by atoms with van der Waals surface area (Å²) < 4.78 is 1.59. The average Bonchev–Trinajstić information content (AvgIpc) is 2.44.